The molecule has 0 amide bonds. The summed E-state index contributed by atoms with van der Waals surface area (Å²) in [6.07, 6.45) is -0.0988. The highest BCUT2D eigenvalue weighted by atomic mass is 19.1. The van der Waals surface area contributed by atoms with E-state index in [1.807, 2.05) is 0 Å². The van der Waals surface area contributed by atoms with Crippen LogP contribution in [0.3, 0.4) is 0 Å². The smallest absolute Gasteiger partial charge is 0.167 e. The molecule has 0 unspecified atom stereocenters. The van der Waals surface area contributed by atoms with Crippen molar-refractivity contribution in [3.05, 3.63) is 65.2 Å². The molecule has 4 heteroatoms. The molecule has 2 aromatic carbocycles. The topological polar surface area (TPSA) is 26.3 Å². The summed E-state index contributed by atoms with van der Waals surface area (Å²) >= 11 is 0. The van der Waals surface area contributed by atoms with Crippen LogP contribution in [0.25, 0.3) is 0 Å². The fourth-order valence-electron chi connectivity index (χ4n) is 1.72. The summed E-state index contributed by atoms with van der Waals surface area (Å²) in [7, 11) is 1.53. The quantitative estimate of drug-likeness (QED) is 0.789. The molecule has 0 bridgehead atoms. The van der Waals surface area contributed by atoms with Gasteiger partial charge in [-0.3, -0.25) is 4.79 Å². The van der Waals surface area contributed by atoms with Gasteiger partial charge in [0.2, 0.25) is 0 Å². The average molecular weight is 262 g/mol. The van der Waals surface area contributed by atoms with E-state index < -0.39 is 11.6 Å². The van der Waals surface area contributed by atoms with Crippen molar-refractivity contribution >= 4 is 5.78 Å². The van der Waals surface area contributed by atoms with Crippen LogP contribution in [0.4, 0.5) is 8.78 Å². The third-order valence-electron chi connectivity index (χ3n) is 2.78. The number of hydrogen-bond donors (Lipinski definition) is 0. The lowest BCUT2D eigenvalue weighted by atomic mass is 10.0. The molecule has 0 N–H and O–H groups in total. The molecule has 98 valence electrons. The molecule has 19 heavy (non-hydrogen) atoms. The molecule has 0 heterocycles. The molecule has 0 saturated carbocycles. The molecule has 0 fully saturated rings. The Morgan fingerprint density at radius 1 is 1.11 bits per heavy atom. The second kappa shape index (κ2) is 5.61. The maximum atomic E-state index is 13.4. The largest absolute Gasteiger partial charge is 0.497 e. The van der Waals surface area contributed by atoms with E-state index in [0.717, 1.165) is 12.1 Å². The maximum Gasteiger partial charge on any atom is 0.167 e. The summed E-state index contributed by atoms with van der Waals surface area (Å²) < 4.78 is 31.2. The number of carbonyl (C=O) groups excluding carboxylic acids is 1. The fourth-order valence-corrected chi connectivity index (χ4v) is 1.72. The zero-order chi connectivity index (χ0) is 13.8. The number of rotatable bonds is 4. The lowest BCUT2D eigenvalue weighted by Gasteiger charge is -2.04. The third kappa shape index (κ3) is 3.16. The Hall–Kier alpha value is -2.23. The van der Waals surface area contributed by atoms with Crippen LogP contribution >= 0.6 is 0 Å². The van der Waals surface area contributed by atoms with Crippen LogP contribution in [-0.2, 0) is 6.42 Å². The molecule has 2 nitrogen and oxygen atoms in total. The van der Waals surface area contributed by atoms with Gasteiger partial charge in [0.25, 0.3) is 0 Å². The minimum atomic E-state index is -0.707. The van der Waals surface area contributed by atoms with Crippen LogP contribution < -0.4 is 4.74 Å². The minimum absolute atomic E-state index is 0.0988. The highest BCUT2D eigenvalue weighted by molar-refractivity contribution is 5.97. The summed E-state index contributed by atoms with van der Waals surface area (Å²) in [6, 6.07) is 9.75. The first-order valence-electron chi connectivity index (χ1n) is 5.71. The van der Waals surface area contributed by atoms with E-state index >= 15 is 0 Å². The van der Waals surface area contributed by atoms with Crippen LogP contribution in [-0.4, -0.2) is 12.9 Å². The zero-order valence-corrected chi connectivity index (χ0v) is 10.3. The Balaban J connectivity index is 2.15. The molecule has 2 aromatic rings. The van der Waals surface area contributed by atoms with Crippen molar-refractivity contribution in [2.24, 2.45) is 0 Å². The number of carbonyl (C=O) groups is 1. The van der Waals surface area contributed by atoms with E-state index in [2.05, 4.69) is 0 Å². The molecular weight excluding hydrogens is 250 g/mol. The first kappa shape index (κ1) is 13.2. The van der Waals surface area contributed by atoms with E-state index in [-0.39, 0.29) is 17.8 Å². The Kier molecular flexibility index (Phi) is 3.90. The predicted molar refractivity (Wildman–Crippen MR) is 67.4 cm³/mol. The van der Waals surface area contributed by atoms with Crippen LogP contribution in [0.15, 0.2) is 42.5 Å². The summed E-state index contributed by atoms with van der Waals surface area (Å²) in [5, 5.41) is 0. The second-order valence-electron chi connectivity index (χ2n) is 4.06. The number of Topliss-reactive ketones (excluding diaryl/α,β-unsaturated/α-hetero) is 1. The molecule has 0 aromatic heterocycles. The lowest BCUT2D eigenvalue weighted by molar-refractivity contribution is 0.0991. The van der Waals surface area contributed by atoms with Gasteiger partial charge in [-0.05, 0) is 35.9 Å². The Labute approximate surface area is 109 Å². The van der Waals surface area contributed by atoms with Gasteiger partial charge in [0, 0.05) is 18.1 Å². The van der Waals surface area contributed by atoms with Gasteiger partial charge in [0.05, 0.1) is 7.11 Å². The summed E-state index contributed by atoms with van der Waals surface area (Å²) in [4.78, 5) is 11.9. The summed E-state index contributed by atoms with van der Waals surface area (Å²) in [6.45, 7) is 0. The normalized spacial score (nSPS) is 10.3. The van der Waals surface area contributed by atoms with E-state index in [0.29, 0.717) is 11.3 Å². The van der Waals surface area contributed by atoms with E-state index in [4.69, 9.17) is 4.74 Å². The van der Waals surface area contributed by atoms with Crippen LogP contribution in [0.2, 0.25) is 0 Å². The van der Waals surface area contributed by atoms with Crippen molar-refractivity contribution in [2.75, 3.05) is 7.11 Å². The van der Waals surface area contributed by atoms with Crippen molar-refractivity contribution in [1.29, 1.82) is 0 Å². The molecule has 0 aliphatic carbocycles. The lowest BCUT2D eigenvalue weighted by Crippen LogP contribution is -2.05. The Morgan fingerprint density at radius 3 is 2.37 bits per heavy atom. The minimum Gasteiger partial charge on any atom is -0.497 e. The van der Waals surface area contributed by atoms with Gasteiger partial charge in [0.1, 0.15) is 17.4 Å². The van der Waals surface area contributed by atoms with Crippen LogP contribution in [0, 0.1) is 11.6 Å². The standard InChI is InChI=1S/C15H12F2O2/c1-19-13-6-3-10(4-7-13)15(18)8-11-2-5-12(16)9-14(11)17/h2-7,9H,8H2,1H3. The fraction of sp³-hybridized carbons (Fsp3) is 0.133. The molecule has 0 aliphatic rings. The van der Waals surface area contributed by atoms with Gasteiger partial charge in [-0.25, -0.2) is 8.78 Å². The predicted octanol–water partition coefficient (Wildman–Crippen LogP) is 3.40. The monoisotopic (exact) mass is 262 g/mol. The number of benzene rings is 2. The van der Waals surface area contributed by atoms with Gasteiger partial charge in [-0.15, -0.1) is 0 Å². The van der Waals surface area contributed by atoms with E-state index in [1.54, 1.807) is 24.3 Å². The second-order valence-corrected chi connectivity index (χ2v) is 4.06. The Morgan fingerprint density at radius 2 is 1.79 bits per heavy atom. The molecule has 2 rings (SSSR count). The molecule has 0 aliphatic heterocycles. The summed E-state index contributed by atoms with van der Waals surface area (Å²) in [5.41, 5.74) is 0.645. The molecule has 0 atom stereocenters. The van der Waals surface area contributed by atoms with Gasteiger partial charge in [0.15, 0.2) is 5.78 Å². The number of halogens is 2. The molecule has 0 radical (unpaired) electrons. The van der Waals surface area contributed by atoms with E-state index in [9.17, 15) is 13.6 Å². The SMILES string of the molecule is COc1ccc(C(=O)Cc2ccc(F)cc2F)cc1. The van der Waals surface area contributed by atoms with Crippen molar-refractivity contribution in [3.63, 3.8) is 0 Å². The van der Waals surface area contributed by atoms with Crippen LogP contribution in [0.5, 0.6) is 5.75 Å². The highest BCUT2D eigenvalue weighted by Crippen LogP contribution is 2.15. The van der Waals surface area contributed by atoms with Gasteiger partial charge >= 0.3 is 0 Å². The molecular formula is C15H12F2O2. The van der Waals surface area contributed by atoms with Gasteiger partial charge in [-0.1, -0.05) is 6.07 Å². The number of ether oxygens (including phenoxy) is 1. The molecule has 0 saturated heterocycles. The average Bonchev–Trinajstić information content (AvgIpc) is 2.42. The maximum absolute atomic E-state index is 13.4. The van der Waals surface area contributed by atoms with E-state index in [1.165, 1.54) is 13.2 Å². The van der Waals surface area contributed by atoms with Crippen LogP contribution in [0.1, 0.15) is 15.9 Å². The van der Waals surface area contributed by atoms with Crippen molar-refractivity contribution in [3.8, 4) is 5.75 Å². The number of methoxy groups -OCH3 is 1. The van der Waals surface area contributed by atoms with Crippen molar-refractivity contribution in [1.82, 2.24) is 0 Å². The van der Waals surface area contributed by atoms with Gasteiger partial charge in [-0.2, -0.15) is 0 Å². The first-order chi connectivity index (χ1) is 9.10. The van der Waals surface area contributed by atoms with Crippen molar-refractivity contribution < 1.29 is 18.3 Å². The number of hydrogen-bond acceptors (Lipinski definition) is 2. The van der Waals surface area contributed by atoms with Gasteiger partial charge < -0.3 is 4.74 Å². The molecule has 0 spiro atoms. The zero-order valence-electron chi connectivity index (χ0n) is 10.3. The first-order valence-corrected chi connectivity index (χ1v) is 5.71. The Bertz CT molecular complexity index is 592. The number of ketones is 1. The third-order valence-corrected chi connectivity index (χ3v) is 2.78. The van der Waals surface area contributed by atoms with Crippen molar-refractivity contribution in [2.45, 2.75) is 6.42 Å². The highest BCUT2D eigenvalue weighted by Gasteiger charge is 2.11. The summed E-state index contributed by atoms with van der Waals surface area (Å²) in [5.74, 6) is -0.947.